The number of hydrogen-bond acceptors (Lipinski definition) is 4. The lowest BCUT2D eigenvalue weighted by Crippen LogP contribution is -2.54. The van der Waals surface area contributed by atoms with Crippen LogP contribution in [-0.2, 0) is 9.53 Å². The number of amides is 1. The van der Waals surface area contributed by atoms with Gasteiger partial charge in [0, 0.05) is 5.56 Å². The first kappa shape index (κ1) is 15.8. The fraction of sp³-hybridized carbons (Fsp3) is 0.529. The Labute approximate surface area is 135 Å². The number of carbonyl (C=O) groups is 2. The van der Waals surface area contributed by atoms with Crippen molar-refractivity contribution < 1.29 is 24.2 Å². The van der Waals surface area contributed by atoms with Crippen LogP contribution < -0.4 is 4.74 Å². The van der Waals surface area contributed by atoms with E-state index in [-0.39, 0.29) is 12.5 Å². The van der Waals surface area contributed by atoms with Crippen molar-refractivity contribution in [3.63, 3.8) is 0 Å². The molecule has 6 nitrogen and oxygen atoms in total. The molecule has 1 atom stereocenters. The minimum atomic E-state index is -1.02. The van der Waals surface area contributed by atoms with Crippen LogP contribution in [0.2, 0.25) is 0 Å². The van der Waals surface area contributed by atoms with Gasteiger partial charge in [0.2, 0.25) is 0 Å². The Morgan fingerprint density at radius 3 is 2.70 bits per heavy atom. The second kappa shape index (κ2) is 6.20. The van der Waals surface area contributed by atoms with Crippen LogP contribution in [0.3, 0.4) is 0 Å². The van der Waals surface area contributed by atoms with E-state index < -0.39 is 17.7 Å². The zero-order valence-corrected chi connectivity index (χ0v) is 13.2. The molecule has 124 valence electrons. The molecule has 0 bridgehead atoms. The zero-order chi connectivity index (χ0) is 16.4. The molecule has 2 aliphatic rings. The van der Waals surface area contributed by atoms with Crippen molar-refractivity contribution in [3.8, 4) is 5.75 Å². The Morgan fingerprint density at radius 2 is 2.04 bits per heavy atom. The lowest BCUT2D eigenvalue weighted by atomic mass is 9.89. The molecule has 1 spiro atoms. The van der Waals surface area contributed by atoms with Gasteiger partial charge in [0.05, 0.1) is 13.7 Å². The maximum Gasteiger partial charge on any atom is 0.328 e. The predicted molar refractivity (Wildman–Crippen MR) is 82.4 cm³/mol. The molecule has 1 aromatic carbocycles. The molecule has 1 aliphatic heterocycles. The maximum atomic E-state index is 13.0. The van der Waals surface area contributed by atoms with Crippen LogP contribution in [0.25, 0.3) is 0 Å². The number of methoxy groups -OCH3 is 1. The van der Waals surface area contributed by atoms with E-state index >= 15 is 0 Å². The summed E-state index contributed by atoms with van der Waals surface area (Å²) in [4.78, 5) is 26.1. The number of aliphatic carboxylic acids is 1. The van der Waals surface area contributed by atoms with Gasteiger partial charge in [0.1, 0.15) is 11.5 Å². The summed E-state index contributed by atoms with van der Waals surface area (Å²) in [5, 5.41) is 9.50. The molecule has 0 unspecified atom stereocenters. The predicted octanol–water partition coefficient (Wildman–Crippen LogP) is 2.28. The van der Waals surface area contributed by atoms with Gasteiger partial charge < -0.3 is 14.6 Å². The SMILES string of the molecule is COc1cccc(C(=O)N2[C@@H](C(=O)O)COC23CCCCC3)c1. The van der Waals surface area contributed by atoms with Gasteiger partial charge in [0.15, 0.2) is 6.04 Å². The summed E-state index contributed by atoms with van der Waals surface area (Å²) in [6.45, 7) is 0.0467. The zero-order valence-electron chi connectivity index (χ0n) is 13.2. The van der Waals surface area contributed by atoms with E-state index in [1.165, 1.54) is 12.0 Å². The highest BCUT2D eigenvalue weighted by Gasteiger charge is 2.53. The van der Waals surface area contributed by atoms with Crippen molar-refractivity contribution in [3.05, 3.63) is 29.8 Å². The lowest BCUT2D eigenvalue weighted by molar-refractivity contribution is -0.143. The van der Waals surface area contributed by atoms with Gasteiger partial charge in [-0.15, -0.1) is 0 Å². The van der Waals surface area contributed by atoms with E-state index in [0.29, 0.717) is 24.2 Å². The minimum Gasteiger partial charge on any atom is -0.497 e. The normalized spacial score (nSPS) is 23.0. The topological polar surface area (TPSA) is 76.1 Å². The van der Waals surface area contributed by atoms with E-state index in [0.717, 1.165) is 19.3 Å². The largest absolute Gasteiger partial charge is 0.497 e. The van der Waals surface area contributed by atoms with Crippen molar-refractivity contribution >= 4 is 11.9 Å². The second-order valence-corrected chi connectivity index (χ2v) is 6.08. The fourth-order valence-corrected chi connectivity index (χ4v) is 3.56. The van der Waals surface area contributed by atoms with E-state index in [1.807, 2.05) is 0 Å². The second-order valence-electron chi connectivity index (χ2n) is 6.08. The van der Waals surface area contributed by atoms with Gasteiger partial charge in [-0.05, 0) is 43.9 Å². The van der Waals surface area contributed by atoms with Gasteiger partial charge >= 0.3 is 5.97 Å². The summed E-state index contributed by atoms with van der Waals surface area (Å²) >= 11 is 0. The summed E-state index contributed by atoms with van der Waals surface area (Å²) in [7, 11) is 1.53. The monoisotopic (exact) mass is 319 g/mol. The van der Waals surface area contributed by atoms with Crippen molar-refractivity contribution in [2.24, 2.45) is 0 Å². The molecule has 6 heteroatoms. The fourth-order valence-electron chi connectivity index (χ4n) is 3.56. The number of rotatable bonds is 3. The molecular weight excluding hydrogens is 298 g/mol. The van der Waals surface area contributed by atoms with Crippen LogP contribution in [0.4, 0.5) is 0 Å². The number of hydrogen-bond donors (Lipinski definition) is 1. The first-order valence-corrected chi connectivity index (χ1v) is 7.92. The van der Waals surface area contributed by atoms with E-state index in [2.05, 4.69) is 0 Å². The maximum absolute atomic E-state index is 13.0. The van der Waals surface area contributed by atoms with E-state index in [4.69, 9.17) is 9.47 Å². The summed E-state index contributed by atoms with van der Waals surface area (Å²) in [6, 6.07) is 5.86. The van der Waals surface area contributed by atoms with E-state index in [1.54, 1.807) is 24.3 Å². The van der Waals surface area contributed by atoms with Crippen LogP contribution in [-0.4, -0.2) is 47.4 Å². The smallest absolute Gasteiger partial charge is 0.328 e. The molecule has 1 saturated heterocycles. The highest BCUT2D eigenvalue weighted by Crippen LogP contribution is 2.41. The standard InChI is InChI=1S/C17H21NO5/c1-22-13-7-5-6-12(10-13)15(19)18-14(16(20)21)11-23-17(18)8-3-2-4-9-17/h5-7,10,14H,2-4,8-9,11H2,1H3,(H,20,21)/t14-/m1/s1. The molecule has 1 amide bonds. The van der Waals surface area contributed by atoms with Crippen LogP contribution in [0, 0.1) is 0 Å². The van der Waals surface area contributed by atoms with Crippen molar-refractivity contribution in [2.45, 2.75) is 43.9 Å². The molecule has 1 heterocycles. The number of nitrogens with zero attached hydrogens (tertiary/aromatic N) is 1. The molecule has 23 heavy (non-hydrogen) atoms. The highest BCUT2D eigenvalue weighted by molar-refractivity contribution is 5.97. The summed E-state index contributed by atoms with van der Waals surface area (Å²) < 4.78 is 11.0. The average molecular weight is 319 g/mol. The van der Waals surface area contributed by atoms with Crippen molar-refractivity contribution in [2.75, 3.05) is 13.7 Å². The lowest BCUT2D eigenvalue weighted by Gasteiger charge is -2.41. The Kier molecular flexibility index (Phi) is 4.26. The third-order valence-electron chi connectivity index (χ3n) is 4.72. The Balaban J connectivity index is 1.96. The number of carboxylic acid groups (broad SMARTS) is 1. The Hall–Kier alpha value is -2.08. The molecule has 1 aromatic rings. The summed E-state index contributed by atoms with van der Waals surface area (Å²) in [5.74, 6) is -0.764. The molecule has 0 aromatic heterocycles. The number of benzene rings is 1. The third-order valence-corrected chi connectivity index (χ3v) is 4.72. The number of carboxylic acids is 1. The quantitative estimate of drug-likeness (QED) is 0.925. The first-order valence-electron chi connectivity index (χ1n) is 7.92. The number of carbonyl (C=O) groups excluding carboxylic acids is 1. The van der Waals surface area contributed by atoms with E-state index in [9.17, 15) is 14.7 Å². The molecule has 1 saturated carbocycles. The first-order chi connectivity index (χ1) is 11.1. The molecule has 1 aliphatic carbocycles. The van der Waals surface area contributed by atoms with Crippen LogP contribution >= 0.6 is 0 Å². The van der Waals surface area contributed by atoms with Gasteiger partial charge in [-0.25, -0.2) is 4.79 Å². The highest BCUT2D eigenvalue weighted by atomic mass is 16.5. The minimum absolute atomic E-state index is 0.0467. The summed E-state index contributed by atoms with van der Waals surface area (Å²) in [6.07, 6.45) is 4.34. The summed E-state index contributed by atoms with van der Waals surface area (Å²) in [5.41, 5.74) is -0.354. The van der Waals surface area contributed by atoms with Crippen LogP contribution in [0.5, 0.6) is 5.75 Å². The van der Waals surface area contributed by atoms with Crippen LogP contribution in [0.15, 0.2) is 24.3 Å². The Morgan fingerprint density at radius 1 is 1.30 bits per heavy atom. The van der Waals surface area contributed by atoms with Crippen LogP contribution in [0.1, 0.15) is 42.5 Å². The Bertz CT molecular complexity index is 609. The molecule has 2 fully saturated rings. The molecule has 1 N–H and O–H groups in total. The number of ether oxygens (including phenoxy) is 2. The van der Waals surface area contributed by atoms with Gasteiger partial charge in [-0.1, -0.05) is 12.5 Å². The van der Waals surface area contributed by atoms with Gasteiger partial charge in [-0.2, -0.15) is 0 Å². The van der Waals surface area contributed by atoms with Crippen molar-refractivity contribution in [1.82, 2.24) is 4.90 Å². The third kappa shape index (κ3) is 2.79. The molecule has 3 rings (SSSR count). The van der Waals surface area contributed by atoms with Gasteiger partial charge in [-0.3, -0.25) is 9.69 Å². The average Bonchev–Trinajstić information content (AvgIpc) is 2.93. The molecular formula is C17H21NO5. The molecule has 0 radical (unpaired) electrons. The van der Waals surface area contributed by atoms with Crippen molar-refractivity contribution in [1.29, 1.82) is 0 Å². The van der Waals surface area contributed by atoms with Gasteiger partial charge in [0.25, 0.3) is 5.91 Å².